The van der Waals surface area contributed by atoms with Crippen LogP contribution in [0.2, 0.25) is 0 Å². The van der Waals surface area contributed by atoms with Crippen molar-refractivity contribution in [1.82, 2.24) is 24.4 Å². The summed E-state index contributed by atoms with van der Waals surface area (Å²) in [4.78, 5) is 14.7. The summed E-state index contributed by atoms with van der Waals surface area (Å²) in [6.45, 7) is 0.743. The van der Waals surface area contributed by atoms with E-state index in [-0.39, 0.29) is 23.4 Å². The summed E-state index contributed by atoms with van der Waals surface area (Å²) in [5.74, 6) is 1.20. The average molecular weight is 442 g/mol. The Morgan fingerprint density at radius 1 is 1.29 bits per heavy atom. The molecule has 0 radical (unpaired) electrons. The van der Waals surface area contributed by atoms with Gasteiger partial charge in [-0.05, 0) is 48.7 Å². The Kier molecular flexibility index (Phi) is 6.01. The molecule has 9 nitrogen and oxygen atoms in total. The molecule has 0 aliphatic carbocycles. The normalized spacial score (nSPS) is 16.9. The second-order valence-electron chi connectivity index (χ2n) is 7.30. The Labute approximate surface area is 180 Å². The van der Waals surface area contributed by atoms with Crippen LogP contribution in [-0.4, -0.2) is 40.5 Å². The van der Waals surface area contributed by atoms with E-state index in [9.17, 15) is 13.2 Å². The highest BCUT2D eigenvalue weighted by molar-refractivity contribution is 7.89. The van der Waals surface area contributed by atoms with E-state index in [1.54, 1.807) is 41.6 Å². The monoisotopic (exact) mass is 441 g/mol. The van der Waals surface area contributed by atoms with Crippen molar-refractivity contribution in [3.63, 3.8) is 0 Å². The maximum Gasteiger partial charge on any atom is 0.247 e. The van der Waals surface area contributed by atoms with Crippen molar-refractivity contribution in [2.45, 2.75) is 30.3 Å². The topological polar surface area (TPSA) is 110 Å². The molecule has 3 heterocycles. The highest BCUT2D eigenvalue weighted by atomic mass is 32.2. The number of benzene rings is 1. The molecule has 1 aliphatic rings. The van der Waals surface area contributed by atoms with Crippen LogP contribution in [0.25, 0.3) is 6.08 Å². The van der Waals surface area contributed by atoms with Gasteiger partial charge < -0.3 is 13.9 Å². The molecule has 1 fully saturated rings. The number of nitrogens with zero attached hydrogens (tertiary/aromatic N) is 4. The van der Waals surface area contributed by atoms with E-state index in [0.29, 0.717) is 12.3 Å². The number of hydrogen-bond donors (Lipinski definition) is 1. The van der Waals surface area contributed by atoms with Gasteiger partial charge in [-0.2, -0.15) is 0 Å². The number of amides is 1. The summed E-state index contributed by atoms with van der Waals surface area (Å²) in [6.07, 6.45) is 8.07. The fraction of sp³-hybridized carbons (Fsp3) is 0.286. The quantitative estimate of drug-likeness (QED) is 0.563. The van der Waals surface area contributed by atoms with Gasteiger partial charge in [0, 0.05) is 19.7 Å². The Morgan fingerprint density at radius 3 is 2.77 bits per heavy atom. The molecule has 1 aliphatic heterocycles. The summed E-state index contributed by atoms with van der Waals surface area (Å²) in [5, 5.41) is 8.05. The van der Waals surface area contributed by atoms with E-state index < -0.39 is 10.0 Å². The molecule has 0 saturated carbocycles. The molecule has 0 bridgehead atoms. The molecule has 1 unspecified atom stereocenters. The first-order chi connectivity index (χ1) is 14.9. The Morgan fingerprint density at radius 2 is 2.10 bits per heavy atom. The van der Waals surface area contributed by atoms with Crippen LogP contribution in [-0.2, 0) is 28.4 Å². The summed E-state index contributed by atoms with van der Waals surface area (Å²) in [5.41, 5.74) is 0.729. The van der Waals surface area contributed by atoms with Crippen LogP contribution >= 0.6 is 0 Å². The summed E-state index contributed by atoms with van der Waals surface area (Å²) in [7, 11) is -1.79. The summed E-state index contributed by atoms with van der Waals surface area (Å²) in [6, 6.07) is 9.65. The van der Waals surface area contributed by atoms with E-state index >= 15 is 0 Å². The van der Waals surface area contributed by atoms with Crippen LogP contribution in [0.15, 0.2) is 64.4 Å². The van der Waals surface area contributed by atoms with Crippen molar-refractivity contribution in [3.05, 3.63) is 72.2 Å². The van der Waals surface area contributed by atoms with Gasteiger partial charge in [-0.1, -0.05) is 12.1 Å². The number of carbonyl (C=O) groups is 1. The highest BCUT2D eigenvalue weighted by Crippen LogP contribution is 2.30. The Bertz CT molecular complexity index is 1170. The van der Waals surface area contributed by atoms with Crippen LogP contribution in [0.5, 0.6) is 0 Å². The maximum atomic E-state index is 12.7. The van der Waals surface area contributed by atoms with Crippen molar-refractivity contribution < 1.29 is 17.6 Å². The summed E-state index contributed by atoms with van der Waals surface area (Å²) < 4.78 is 34.3. The number of sulfonamides is 1. The smallest absolute Gasteiger partial charge is 0.247 e. The van der Waals surface area contributed by atoms with Gasteiger partial charge >= 0.3 is 0 Å². The number of aryl methyl sites for hydroxylation is 1. The van der Waals surface area contributed by atoms with Crippen molar-refractivity contribution in [3.8, 4) is 0 Å². The first-order valence-electron chi connectivity index (χ1n) is 9.89. The van der Waals surface area contributed by atoms with Gasteiger partial charge in [0.25, 0.3) is 0 Å². The Hall–Kier alpha value is -3.24. The van der Waals surface area contributed by atoms with Crippen molar-refractivity contribution >= 4 is 22.0 Å². The third-order valence-corrected chi connectivity index (χ3v) is 6.62. The number of rotatable bonds is 7. The number of nitrogens with one attached hydrogen (secondary N) is 1. The SMILES string of the molecule is Cn1cnnc1C1CCCN1C(=O)C=Cc1ccc(S(=O)(=O)NCc2ccco2)cc1. The van der Waals surface area contributed by atoms with Crippen molar-refractivity contribution in [1.29, 1.82) is 0 Å². The fourth-order valence-electron chi connectivity index (χ4n) is 3.58. The first-order valence-corrected chi connectivity index (χ1v) is 11.4. The zero-order valence-corrected chi connectivity index (χ0v) is 17.8. The van der Waals surface area contributed by atoms with Gasteiger partial charge in [-0.3, -0.25) is 4.79 Å². The maximum absolute atomic E-state index is 12.7. The van der Waals surface area contributed by atoms with E-state index in [0.717, 1.165) is 24.2 Å². The van der Waals surface area contributed by atoms with Crippen LogP contribution < -0.4 is 4.72 Å². The van der Waals surface area contributed by atoms with Crippen LogP contribution in [0.1, 0.15) is 36.0 Å². The number of carbonyl (C=O) groups excluding carboxylic acids is 1. The van der Waals surface area contributed by atoms with Crippen molar-refractivity contribution in [2.24, 2.45) is 7.05 Å². The predicted molar refractivity (Wildman–Crippen MR) is 113 cm³/mol. The lowest BCUT2D eigenvalue weighted by Crippen LogP contribution is -2.30. The van der Waals surface area contributed by atoms with Gasteiger partial charge in [0.15, 0.2) is 5.82 Å². The first kappa shape index (κ1) is 21.0. The van der Waals surface area contributed by atoms with E-state index in [4.69, 9.17) is 4.42 Å². The highest BCUT2D eigenvalue weighted by Gasteiger charge is 2.31. The van der Waals surface area contributed by atoms with Crippen molar-refractivity contribution in [2.75, 3.05) is 6.54 Å². The lowest BCUT2D eigenvalue weighted by molar-refractivity contribution is -0.127. The average Bonchev–Trinajstić information content (AvgIpc) is 3.52. The zero-order valence-electron chi connectivity index (χ0n) is 17.0. The van der Waals surface area contributed by atoms with Crippen LogP contribution in [0, 0.1) is 0 Å². The number of aromatic nitrogens is 3. The molecule has 1 saturated heterocycles. The van der Waals surface area contributed by atoms with Gasteiger partial charge in [-0.15, -0.1) is 10.2 Å². The largest absolute Gasteiger partial charge is 0.468 e. The molecule has 1 amide bonds. The number of hydrogen-bond acceptors (Lipinski definition) is 6. The second-order valence-corrected chi connectivity index (χ2v) is 9.06. The van der Waals surface area contributed by atoms with Gasteiger partial charge in [0.05, 0.1) is 23.7 Å². The number of furan rings is 1. The molecule has 1 N–H and O–H groups in total. The van der Waals surface area contributed by atoms with E-state index in [2.05, 4.69) is 14.9 Å². The fourth-order valence-corrected chi connectivity index (χ4v) is 4.57. The van der Waals surface area contributed by atoms with Crippen LogP contribution in [0.4, 0.5) is 0 Å². The Balaban J connectivity index is 1.40. The van der Waals surface area contributed by atoms with E-state index in [1.807, 2.05) is 11.6 Å². The zero-order chi connectivity index (χ0) is 21.8. The molecular weight excluding hydrogens is 418 g/mol. The number of likely N-dealkylation sites (tertiary alicyclic amines) is 1. The molecule has 1 atom stereocenters. The minimum atomic E-state index is -3.66. The van der Waals surface area contributed by atoms with Gasteiger partial charge in [0.2, 0.25) is 15.9 Å². The van der Waals surface area contributed by atoms with Gasteiger partial charge in [0.1, 0.15) is 12.1 Å². The third-order valence-electron chi connectivity index (χ3n) is 5.21. The molecule has 1 aromatic carbocycles. The molecule has 3 aromatic rings. The lowest BCUT2D eigenvalue weighted by Gasteiger charge is -2.22. The second kappa shape index (κ2) is 8.86. The molecule has 10 heteroatoms. The molecule has 2 aromatic heterocycles. The third kappa shape index (κ3) is 4.75. The van der Waals surface area contributed by atoms with Crippen LogP contribution in [0.3, 0.4) is 0 Å². The minimum Gasteiger partial charge on any atom is -0.468 e. The summed E-state index contributed by atoms with van der Waals surface area (Å²) >= 11 is 0. The molecule has 162 valence electrons. The van der Waals surface area contributed by atoms with E-state index in [1.165, 1.54) is 24.5 Å². The molecule has 4 rings (SSSR count). The lowest BCUT2D eigenvalue weighted by atomic mass is 10.2. The van der Waals surface area contributed by atoms with Gasteiger partial charge in [-0.25, -0.2) is 13.1 Å². The molecule has 0 spiro atoms. The predicted octanol–water partition coefficient (Wildman–Crippen LogP) is 2.26. The molecular formula is C21H23N5O4S. The minimum absolute atomic E-state index is 0.0774. The molecule has 31 heavy (non-hydrogen) atoms. The standard InChI is InChI=1S/C21H23N5O4S/c1-25-15-22-24-21(25)19-5-2-12-26(19)20(27)11-8-16-6-9-18(10-7-16)31(28,29)23-14-17-4-3-13-30-17/h3-4,6-11,13,15,19,23H,2,5,12,14H2,1H3.